The second kappa shape index (κ2) is 5.54. The van der Waals surface area contributed by atoms with E-state index in [1.165, 1.54) is 5.56 Å². The van der Waals surface area contributed by atoms with E-state index in [-0.39, 0.29) is 10.6 Å². The molecule has 0 radical (unpaired) electrons. The molecule has 3 aromatic rings. The van der Waals surface area contributed by atoms with Gasteiger partial charge in [0.1, 0.15) is 0 Å². The number of nitro groups is 1. The lowest BCUT2D eigenvalue weighted by Gasteiger charge is -2.08. The molecule has 0 fully saturated rings. The number of pyridine rings is 1. The highest BCUT2D eigenvalue weighted by Gasteiger charge is 2.15. The quantitative estimate of drug-likeness (QED) is 0.523. The maximum absolute atomic E-state index is 11.1. The van der Waals surface area contributed by atoms with Gasteiger partial charge in [-0.1, -0.05) is 30.0 Å². The third-order valence-electron chi connectivity index (χ3n) is 3.22. The van der Waals surface area contributed by atoms with Gasteiger partial charge in [-0.15, -0.1) is 0 Å². The van der Waals surface area contributed by atoms with Gasteiger partial charge in [-0.05, 0) is 36.8 Å². The molecule has 1 heterocycles. The van der Waals surface area contributed by atoms with Crippen molar-refractivity contribution in [1.29, 1.82) is 0 Å². The van der Waals surface area contributed by atoms with Gasteiger partial charge in [0, 0.05) is 22.1 Å². The molecule has 0 unspecified atom stereocenters. The highest BCUT2D eigenvalue weighted by Crippen LogP contribution is 2.37. The molecule has 0 atom stereocenters. The van der Waals surface area contributed by atoms with Crippen LogP contribution < -0.4 is 0 Å². The van der Waals surface area contributed by atoms with Crippen molar-refractivity contribution in [3.63, 3.8) is 0 Å². The van der Waals surface area contributed by atoms with Gasteiger partial charge in [-0.25, -0.2) is 0 Å². The molecule has 1 aromatic heterocycles. The average molecular weight is 296 g/mol. The maximum atomic E-state index is 11.1. The predicted molar refractivity (Wildman–Crippen MR) is 83.7 cm³/mol. The molecule has 5 heteroatoms. The first kappa shape index (κ1) is 13.6. The third kappa shape index (κ3) is 2.60. The molecule has 0 N–H and O–H groups in total. The van der Waals surface area contributed by atoms with Gasteiger partial charge in [0.15, 0.2) is 0 Å². The minimum absolute atomic E-state index is 0.0900. The van der Waals surface area contributed by atoms with Crippen LogP contribution in [-0.2, 0) is 0 Å². The van der Waals surface area contributed by atoms with Crippen LogP contribution in [0.15, 0.2) is 64.5 Å². The zero-order valence-corrected chi connectivity index (χ0v) is 12.1. The summed E-state index contributed by atoms with van der Waals surface area (Å²) in [5.74, 6) is 0. The van der Waals surface area contributed by atoms with Gasteiger partial charge in [-0.3, -0.25) is 15.1 Å². The molecular weight excluding hydrogens is 284 g/mol. The van der Waals surface area contributed by atoms with Crippen LogP contribution in [0.1, 0.15) is 5.56 Å². The first-order valence-electron chi connectivity index (χ1n) is 6.42. The number of benzene rings is 2. The first-order valence-corrected chi connectivity index (χ1v) is 7.24. The molecule has 0 spiro atoms. The Labute approximate surface area is 126 Å². The van der Waals surface area contributed by atoms with Crippen molar-refractivity contribution in [2.24, 2.45) is 0 Å². The Hall–Kier alpha value is -2.40. The Balaban J connectivity index is 2.14. The molecule has 104 valence electrons. The molecule has 0 aliphatic rings. The number of non-ortho nitro benzene ring substituents is 1. The Morgan fingerprint density at radius 2 is 1.86 bits per heavy atom. The number of hydrogen-bond donors (Lipinski definition) is 0. The van der Waals surface area contributed by atoms with E-state index < -0.39 is 0 Å². The molecule has 0 bridgehead atoms. The monoisotopic (exact) mass is 296 g/mol. The summed E-state index contributed by atoms with van der Waals surface area (Å²) in [7, 11) is 0. The molecule has 21 heavy (non-hydrogen) atoms. The fourth-order valence-electron chi connectivity index (χ4n) is 2.16. The van der Waals surface area contributed by atoms with Crippen molar-refractivity contribution in [3.05, 3.63) is 70.4 Å². The maximum Gasteiger partial charge on any atom is 0.278 e. The summed E-state index contributed by atoms with van der Waals surface area (Å²) >= 11 is 1.58. The first-order chi connectivity index (χ1) is 10.2. The standard InChI is InChI=1S/C16H12N2O2S/c1-11-5-2-3-7-14(11)21-15-9-8-13(18(19)20)12-6-4-10-17-16(12)15/h2-10H,1H3. The van der Waals surface area contributed by atoms with Gasteiger partial charge in [0.2, 0.25) is 0 Å². The van der Waals surface area contributed by atoms with Gasteiger partial charge in [0.05, 0.1) is 15.8 Å². The third-order valence-corrected chi connectivity index (χ3v) is 4.45. The Kier molecular flexibility index (Phi) is 3.58. The van der Waals surface area contributed by atoms with Crippen LogP contribution >= 0.6 is 11.8 Å². The van der Waals surface area contributed by atoms with Gasteiger partial charge < -0.3 is 0 Å². The van der Waals surface area contributed by atoms with Crippen LogP contribution in [0.5, 0.6) is 0 Å². The van der Waals surface area contributed by atoms with Gasteiger partial charge in [0.25, 0.3) is 5.69 Å². The van der Waals surface area contributed by atoms with E-state index >= 15 is 0 Å². The van der Waals surface area contributed by atoms with Crippen LogP contribution in [0.3, 0.4) is 0 Å². The highest BCUT2D eigenvalue weighted by atomic mass is 32.2. The molecular formula is C16H12N2O2S. The highest BCUT2D eigenvalue weighted by molar-refractivity contribution is 7.99. The van der Waals surface area contributed by atoms with E-state index in [1.54, 1.807) is 42.2 Å². The van der Waals surface area contributed by atoms with Gasteiger partial charge >= 0.3 is 0 Å². The SMILES string of the molecule is Cc1ccccc1Sc1ccc([N+](=O)[O-])c2cccnc12. The van der Waals surface area contributed by atoms with Crippen molar-refractivity contribution in [2.75, 3.05) is 0 Å². The molecule has 0 aliphatic carbocycles. The lowest BCUT2D eigenvalue weighted by atomic mass is 10.2. The van der Waals surface area contributed by atoms with Crippen LogP contribution in [0, 0.1) is 17.0 Å². The number of nitro benzene ring substituents is 1. The van der Waals surface area contributed by atoms with Gasteiger partial charge in [-0.2, -0.15) is 0 Å². The number of aryl methyl sites for hydroxylation is 1. The molecule has 4 nitrogen and oxygen atoms in total. The number of nitrogens with zero attached hydrogens (tertiary/aromatic N) is 2. The summed E-state index contributed by atoms with van der Waals surface area (Å²) in [6, 6.07) is 14.8. The topological polar surface area (TPSA) is 56.0 Å². The van der Waals surface area contributed by atoms with Crippen LogP contribution in [0.25, 0.3) is 10.9 Å². The Bertz CT molecular complexity index is 833. The largest absolute Gasteiger partial charge is 0.278 e. The zero-order chi connectivity index (χ0) is 14.8. The normalized spacial score (nSPS) is 10.7. The summed E-state index contributed by atoms with van der Waals surface area (Å²) in [6.07, 6.45) is 1.66. The molecule has 0 saturated carbocycles. The second-order valence-corrected chi connectivity index (χ2v) is 5.69. The van der Waals surface area contributed by atoms with Crippen molar-refractivity contribution >= 4 is 28.4 Å². The summed E-state index contributed by atoms with van der Waals surface area (Å²) < 4.78 is 0. The molecule has 0 aliphatic heterocycles. The summed E-state index contributed by atoms with van der Waals surface area (Å²) in [4.78, 5) is 17.1. The van der Waals surface area contributed by atoms with E-state index in [0.29, 0.717) is 10.9 Å². The number of aromatic nitrogens is 1. The van der Waals surface area contributed by atoms with E-state index in [0.717, 1.165) is 9.79 Å². The number of rotatable bonds is 3. The summed E-state index contributed by atoms with van der Waals surface area (Å²) in [5.41, 5.74) is 1.93. The fourth-order valence-corrected chi connectivity index (χ4v) is 3.17. The summed E-state index contributed by atoms with van der Waals surface area (Å²) in [5, 5.41) is 11.7. The van der Waals surface area contributed by atoms with Crippen LogP contribution in [-0.4, -0.2) is 9.91 Å². The number of fused-ring (bicyclic) bond motifs is 1. The Morgan fingerprint density at radius 3 is 2.62 bits per heavy atom. The van der Waals surface area contributed by atoms with E-state index in [1.807, 2.05) is 31.2 Å². The predicted octanol–water partition coefficient (Wildman–Crippen LogP) is 4.60. The van der Waals surface area contributed by atoms with E-state index in [4.69, 9.17) is 0 Å². The van der Waals surface area contributed by atoms with Crippen LogP contribution in [0.2, 0.25) is 0 Å². The second-order valence-electron chi connectivity index (χ2n) is 4.61. The molecule has 0 amide bonds. The molecule has 3 rings (SSSR count). The van der Waals surface area contributed by atoms with Crippen molar-refractivity contribution in [1.82, 2.24) is 4.98 Å². The number of hydrogen-bond acceptors (Lipinski definition) is 4. The lowest BCUT2D eigenvalue weighted by molar-refractivity contribution is -0.383. The smallest absolute Gasteiger partial charge is 0.258 e. The van der Waals surface area contributed by atoms with E-state index in [9.17, 15) is 10.1 Å². The molecule has 0 saturated heterocycles. The van der Waals surface area contributed by atoms with Crippen LogP contribution in [0.4, 0.5) is 5.69 Å². The van der Waals surface area contributed by atoms with Crippen molar-refractivity contribution in [2.45, 2.75) is 16.7 Å². The van der Waals surface area contributed by atoms with Crippen molar-refractivity contribution < 1.29 is 4.92 Å². The fraction of sp³-hybridized carbons (Fsp3) is 0.0625. The zero-order valence-electron chi connectivity index (χ0n) is 11.3. The average Bonchev–Trinajstić information content (AvgIpc) is 2.49. The molecule has 2 aromatic carbocycles. The minimum Gasteiger partial charge on any atom is -0.258 e. The lowest BCUT2D eigenvalue weighted by Crippen LogP contribution is -1.92. The Morgan fingerprint density at radius 1 is 1.05 bits per heavy atom. The van der Waals surface area contributed by atoms with E-state index in [2.05, 4.69) is 4.98 Å². The summed E-state index contributed by atoms with van der Waals surface area (Å²) in [6.45, 7) is 2.04. The van der Waals surface area contributed by atoms with Crippen molar-refractivity contribution in [3.8, 4) is 0 Å². The minimum atomic E-state index is -0.369.